The molecule has 2 aromatic carbocycles. The Hall–Kier alpha value is -3.85. The number of aryl methyl sites for hydroxylation is 1. The maximum absolute atomic E-state index is 12.8. The molecular weight excluding hydrogens is 406 g/mol. The molecule has 0 bridgehead atoms. The number of aliphatic hydroxyl groups excluding tert-OH is 1. The number of carbonyl (C=O) groups is 1. The van der Waals surface area contributed by atoms with Crippen molar-refractivity contribution >= 4 is 23.6 Å². The quantitative estimate of drug-likeness (QED) is 0.372. The predicted octanol–water partition coefficient (Wildman–Crippen LogP) is 7.10. The van der Waals surface area contributed by atoms with E-state index >= 15 is 0 Å². The molecule has 0 unspecified atom stereocenters. The first-order valence-corrected chi connectivity index (χ1v) is 11.4. The minimum atomic E-state index is -0.159. The molecular formula is C30H29NO2. The Morgan fingerprint density at radius 3 is 2.61 bits per heavy atom. The van der Waals surface area contributed by atoms with E-state index in [9.17, 15) is 9.90 Å². The van der Waals surface area contributed by atoms with Crippen LogP contribution >= 0.6 is 0 Å². The summed E-state index contributed by atoms with van der Waals surface area (Å²) in [7, 11) is 0. The summed E-state index contributed by atoms with van der Waals surface area (Å²) < 4.78 is 0. The monoisotopic (exact) mass is 435 g/mol. The molecule has 0 spiro atoms. The largest absolute Gasteiger partial charge is 0.506 e. The number of nitrogens with zero attached hydrogens (tertiary/aromatic N) is 1. The zero-order valence-electron chi connectivity index (χ0n) is 19.2. The molecule has 1 aliphatic heterocycles. The van der Waals surface area contributed by atoms with E-state index in [0.29, 0.717) is 16.7 Å². The Kier molecular flexibility index (Phi) is 6.60. The Balaban J connectivity index is 1.57. The van der Waals surface area contributed by atoms with Gasteiger partial charge in [-0.2, -0.15) is 0 Å². The lowest BCUT2D eigenvalue weighted by Gasteiger charge is -2.31. The van der Waals surface area contributed by atoms with Crippen LogP contribution < -0.4 is 4.90 Å². The number of Topliss-reactive ketones (excluding diaryl/α,β-unsaturated/α-hetero) is 1. The van der Waals surface area contributed by atoms with E-state index in [1.165, 1.54) is 5.56 Å². The lowest BCUT2D eigenvalue weighted by atomic mass is 9.85. The predicted molar refractivity (Wildman–Crippen MR) is 138 cm³/mol. The van der Waals surface area contributed by atoms with Crippen LogP contribution in [0.5, 0.6) is 0 Å². The molecule has 3 nitrogen and oxygen atoms in total. The van der Waals surface area contributed by atoms with Crippen LogP contribution in [0.3, 0.4) is 0 Å². The molecule has 0 amide bonds. The van der Waals surface area contributed by atoms with E-state index in [0.717, 1.165) is 41.9 Å². The van der Waals surface area contributed by atoms with E-state index in [1.54, 1.807) is 12.2 Å². The zero-order valence-corrected chi connectivity index (χ0v) is 19.2. The Labute approximate surface area is 196 Å². The molecule has 2 aliphatic rings. The summed E-state index contributed by atoms with van der Waals surface area (Å²) in [5, 5.41) is 10.6. The summed E-state index contributed by atoms with van der Waals surface area (Å²) in [6.07, 6.45) is 13.5. The van der Waals surface area contributed by atoms with Gasteiger partial charge in [0.05, 0.1) is 11.1 Å². The number of fused-ring (bicyclic) bond motifs is 1. The summed E-state index contributed by atoms with van der Waals surface area (Å²) in [6, 6.07) is 16.3. The van der Waals surface area contributed by atoms with Gasteiger partial charge in [0.15, 0.2) is 0 Å². The highest BCUT2D eigenvalue weighted by molar-refractivity contribution is 6.21. The summed E-state index contributed by atoms with van der Waals surface area (Å²) >= 11 is 0. The molecule has 4 rings (SSSR count). The second-order valence-electron chi connectivity index (χ2n) is 8.38. The van der Waals surface area contributed by atoms with E-state index in [-0.39, 0.29) is 11.5 Å². The maximum Gasteiger partial charge on any atom is 0.200 e. The molecule has 1 N–H and O–H groups in total. The second kappa shape index (κ2) is 9.74. The van der Waals surface area contributed by atoms with Crippen molar-refractivity contribution in [2.24, 2.45) is 0 Å². The highest BCUT2D eigenvalue weighted by Crippen LogP contribution is 2.35. The zero-order chi connectivity index (χ0) is 23.4. The number of ketones is 1. The number of hydrogen-bond donors (Lipinski definition) is 1. The Bertz CT molecular complexity index is 1250. The first-order valence-electron chi connectivity index (χ1n) is 11.4. The summed E-state index contributed by atoms with van der Waals surface area (Å²) in [4.78, 5) is 15.1. The van der Waals surface area contributed by atoms with Gasteiger partial charge in [0.25, 0.3) is 0 Å². The van der Waals surface area contributed by atoms with E-state index in [2.05, 4.69) is 36.6 Å². The molecule has 1 heterocycles. The van der Waals surface area contributed by atoms with Gasteiger partial charge in [-0.25, -0.2) is 0 Å². The van der Waals surface area contributed by atoms with Gasteiger partial charge in [0.1, 0.15) is 5.76 Å². The van der Waals surface area contributed by atoms with Crippen molar-refractivity contribution in [3.8, 4) is 0 Å². The van der Waals surface area contributed by atoms with E-state index < -0.39 is 0 Å². The maximum atomic E-state index is 12.8. The van der Waals surface area contributed by atoms with Gasteiger partial charge in [-0.15, -0.1) is 0 Å². The van der Waals surface area contributed by atoms with Gasteiger partial charge in [-0.1, -0.05) is 80.6 Å². The van der Waals surface area contributed by atoms with E-state index in [1.807, 2.05) is 61.5 Å². The number of rotatable bonds is 7. The number of carbonyl (C=O) groups excluding carboxylic acids is 1. The molecule has 33 heavy (non-hydrogen) atoms. The van der Waals surface area contributed by atoms with E-state index in [4.69, 9.17) is 0 Å². The molecule has 0 aromatic heterocycles. The topological polar surface area (TPSA) is 40.5 Å². The summed E-state index contributed by atoms with van der Waals surface area (Å²) in [6.45, 7) is 9.09. The van der Waals surface area contributed by atoms with Gasteiger partial charge in [-0.3, -0.25) is 4.79 Å². The third-order valence-electron chi connectivity index (χ3n) is 6.00. The SMILES string of the molecule is C=C(/C=C\c1ccccc1C)/C=C1/C(=O)C(/C=C2/C=Cc3ccccc3N2CCCC)=C1O. The van der Waals surface area contributed by atoms with Crippen LogP contribution in [-0.2, 0) is 4.79 Å². The lowest BCUT2D eigenvalue weighted by Crippen LogP contribution is -2.27. The van der Waals surface area contributed by atoms with Gasteiger partial charge in [0, 0.05) is 17.9 Å². The van der Waals surface area contributed by atoms with Crippen molar-refractivity contribution in [3.05, 3.63) is 124 Å². The Morgan fingerprint density at radius 2 is 1.85 bits per heavy atom. The molecule has 166 valence electrons. The molecule has 0 fully saturated rings. The fourth-order valence-electron chi connectivity index (χ4n) is 4.03. The molecule has 0 atom stereocenters. The van der Waals surface area contributed by atoms with Gasteiger partial charge < -0.3 is 10.0 Å². The first kappa shape index (κ1) is 22.3. The molecule has 0 radical (unpaired) electrons. The fraction of sp³-hybridized carbons (Fsp3) is 0.167. The van der Waals surface area contributed by atoms with Crippen molar-refractivity contribution in [1.82, 2.24) is 0 Å². The van der Waals surface area contributed by atoms with Crippen LogP contribution in [-0.4, -0.2) is 17.4 Å². The average Bonchev–Trinajstić information content (AvgIpc) is 2.84. The number of benzene rings is 2. The van der Waals surface area contributed by atoms with Crippen molar-refractivity contribution in [2.75, 3.05) is 11.4 Å². The number of allylic oxidation sites excluding steroid dienone is 7. The van der Waals surface area contributed by atoms with Crippen molar-refractivity contribution in [3.63, 3.8) is 0 Å². The summed E-state index contributed by atoms with van der Waals surface area (Å²) in [5.41, 5.74) is 6.77. The van der Waals surface area contributed by atoms with Crippen LogP contribution in [0.4, 0.5) is 5.69 Å². The Morgan fingerprint density at radius 1 is 1.09 bits per heavy atom. The molecule has 2 aromatic rings. The molecule has 0 saturated carbocycles. The van der Waals surface area contributed by atoms with Gasteiger partial charge >= 0.3 is 0 Å². The van der Waals surface area contributed by atoms with Gasteiger partial charge in [-0.05, 0) is 59.9 Å². The minimum absolute atomic E-state index is 0.0284. The second-order valence-corrected chi connectivity index (χ2v) is 8.38. The standard InChI is InChI=1S/C30H29NO2/c1-4-5-18-31-25(17-16-24-12-8-9-13-28(24)31)20-27-29(32)26(30(27)33)19-21(2)14-15-23-11-7-6-10-22(23)3/h6-17,19-20,32H,2,4-5,18H2,1,3H3/b15-14-,25-20-,26-19+. The normalized spacial score (nSPS) is 17.8. The number of aliphatic hydroxyl groups is 1. The third-order valence-corrected chi connectivity index (χ3v) is 6.00. The number of hydrogen-bond acceptors (Lipinski definition) is 3. The fourth-order valence-corrected chi connectivity index (χ4v) is 4.03. The minimum Gasteiger partial charge on any atom is -0.506 e. The average molecular weight is 436 g/mol. The van der Waals surface area contributed by atoms with Crippen LogP contribution in [0.1, 0.15) is 36.5 Å². The molecule has 3 heteroatoms. The summed E-state index contributed by atoms with van der Waals surface area (Å²) in [5.74, 6) is -0.131. The smallest absolute Gasteiger partial charge is 0.200 e. The van der Waals surface area contributed by atoms with Crippen molar-refractivity contribution in [2.45, 2.75) is 26.7 Å². The van der Waals surface area contributed by atoms with Crippen LogP contribution in [0.15, 0.2) is 108 Å². The van der Waals surface area contributed by atoms with Crippen LogP contribution in [0.2, 0.25) is 0 Å². The highest BCUT2D eigenvalue weighted by Gasteiger charge is 2.33. The highest BCUT2D eigenvalue weighted by atomic mass is 16.3. The lowest BCUT2D eigenvalue weighted by molar-refractivity contribution is -0.113. The molecule has 1 aliphatic carbocycles. The molecule has 0 saturated heterocycles. The number of anilines is 1. The number of para-hydroxylation sites is 1. The van der Waals surface area contributed by atoms with Gasteiger partial charge in [0.2, 0.25) is 5.78 Å². The van der Waals surface area contributed by atoms with Crippen molar-refractivity contribution < 1.29 is 9.90 Å². The first-order chi connectivity index (χ1) is 16.0. The number of unbranched alkanes of at least 4 members (excludes halogenated alkanes) is 1. The van der Waals surface area contributed by atoms with Crippen molar-refractivity contribution in [1.29, 1.82) is 0 Å². The van der Waals surface area contributed by atoms with Crippen LogP contribution in [0.25, 0.3) is 12.2 Å². The third kappa shape index (κ3) is 4.68. The van der Waals surface area contributed by atoms with Crippen LogP contribution in [0, 0.1) is 6.92 Å².